The predicted octanol–water partition coefficient (Wildman–Crippen LogP) is 5.29. The standard InChI is InChI=1S/C19H15BrClN3OS/c1-10-9-14(12-3-5-13(20)6-4-12)23-18-15(10)16-17(26-18)19(25)24(8-7-21)11(2)22-16/h3-6,9H,7-8H2,1-2H3. The number of rotatable bonds is 3. The van der Waals surface area contributed by atoms with Gasteiger partial charge in [-0.05, 0) is 37.6 Å². The summed E-state index contributed by atoms with van der Waals surface area (Å²) in [6, 6.07) is 10.1. The van der Waals surface area contributed by atoms with Crippen molar-refractivity contribution in [3.8, 4) is 11.3 Å². The van der Waals surface area contributed by atoms with Crippen LogP contribution in [0.15, 0.2) is 39.6 Å². The maximum Gasteiger partial charge on any atom is 0.271 e. The van der Waals surface area contributed by atoms with E-state index >= 15 is 0 Å². The molecule has 4 rings (SSSR count). The molecule has 0 bridgehead atoms. The fourth-order valence-electron chi connectivity index (χ4n) is 3.12. The van der Waals surface area contributed by atoms with E-state index in [4.69, 9.17) is 16.6 Å². The molecule has 132 valence electrons. The Labute approximate surface area is 167 Å². The molecule has 0 saturated carbocycles. The number of pyridine rings is 1. The van der Waals surface area contributed by atoms with Gasteiger partial charge in [0.15, 0.2) is 0 Å². The van der Waals surface area contributed by atoms with Crippen molar-refractivity contribution in [1.29, 1.82) is 0 Å². The number of nitrogens with zero attached hydrogens (tertiary/aromatic N) is 3. The molecule has 0 radical (unpaired) electrons. The molecular formula is C19H15BrClN3OS. The summed E-state index contributed by atoms with van der Waals surface area (Å²) < 4.78 is 3.30. The number of alkyl halides is 1. The molecule has 26 heavy (non-hydrogen) atoms. The van der Waals surface area contributed by atoms with Crippen molar-refractivity contribution in [2.75, 3.05) is 5.88 Å². The van der Waals surface area contributed by atoms with Crippen LogP contribution in [0.4, 0.5) is 0 Å². The molecule has 0 aliphatic rings. The minimum atomic E-state index is -0.0410. The van der Waals surface area contributed by atoms with E-state index in [-0.39, 0.29) is 5.56 Å². The number of hydrogen-bond acceptors (Lipinski definition) is 4. The quantitative estimate of drug-likeness (QED) is 0.400. The number of hydrogen-bond donors (Lipinski definition) is 0. The zero-order valence-corrected chi connectivity index (χ0v) is 17.4. The molecule has 1 aromatic carbocycles. The summed E-state index contributed by atoms with van der Waals surface area (Å²) in [7, 11) is 0. The highest BCUT2D eigenvalue weighted by molar-refractivity contribution is 9.10. The molecule has 0 saturated heterocycles. The van der Waals surface area contributed by atoms with Gasteiger partial charge in [0.1, 0.15) is 15.4 Å². The first-order chi connectivity index (χ1) is 12.5. The van der Waals surface area contributed by atoms with Crippen LogP contribution in [0.2, 0.25) is 0 Å². The summed E-state index contributed by atoms with van der Waals surface area (Å²) >= 11 is 10.7. The highest BCUT2D eigenvalue weighted by atomic mass is 79.9. The van der Waals surface area contributed by atoms with Gasteiger partial charge in [0, 0.05) is 27.8 Å². The van der Waals surface area contributed by atoms with Crippen molar-refractivity contribution >= 4 is 59.3 Å². The fraction of sp³-hybridized carbons (Fsp3) is 0.211. The van der Waals surface area contributed by atoms with Crippen LogP contribution >= 0.6 is 38.9 Å². The van der Waals surface area contributed by atoms with E-state index < -0.39 is 0 Å². The van der Waals surface area contributed by atoms with Crippen molar-refractivity contribution < 1.29 is 0 Å². The fourth-order valence-corrected chi connectivity index (χ4v) is 4.70. The molecule has 3 heterocycles. The van der Waals surface area contributed by atoms with E-state index in [9.17, 15) is 4.79 Å². The van der Waals surface area contributed by atoms with Crippen LogP contribution in [0.3, 0.4) is 0 Å². The molecule has 0 atom stereocenters. The van der Waals surface area contributed by atoms with Gasteiger partial charge in [-0.25, -0.2) is 9.97 Å². The SMILES string of the molecule is Cc1cc(-c2ccc(Br)cc2)nc2sc3c(=O)n(CCCl)c(C)nc3c12. The van der Waals surface area contributed by atoms with Crippen LogP contribution in [0.25, 0.3) is 31.7 Å². The zero-order valence-electron chi connectivity index (χ0n) is 14.2. The summed E-state index contributed by atoms with van der Waals surface area (Å²) in [4.78, 5) is 23.2. The maximum atomic E-state index is 12.9. The first-order valence-corrected chi connectivity index (χ1v) is 10.3. The summed E-state index contributed by atoms with van der Waals surface area (Å²) in [6.07, 6.45) is 0. The van der Waals surface area contributed by atoms with E-state index in [0.29, 0.717) is 22.9 Å². The molecule has 0 N–H and O–H groups in total. The zero-order chi connectivity index (χ0) is 18.4. The average Bonchev–Trinajstić information content (AvgIpc) is 2.98. The Hall–Kier alpha value is -1.76. The van der Waals surface area contributed by atoms with Crippen LogP contribution in [-0.2, 0) is 6.54 Å². The monoisotopic (exact) mass is 447 g/mol. The first kappa shape index (κ1) is 17.6. The number of halogens is 2. The molecule has 7 heteroatoms. The molecule has 4 nitrogen and oxygen atoms in total. The van der Waals surface area contributed by atoms with Gasteiger partial charge in [-0.15, -0.1) is 22.9 Å². The lowest BCUT2D eigenvalue weighted by molar-refractivity contribution is 0.691. The third-order valence-corrected chi connectivity index (χ3v) is 6.14. The highest BCUT2D eigenvalue weighted by Crippen LogP contribution is 2.34. The molecule has 0 unspecified atom stereocenters. The van der Waals surface area contributed by atoms with Gasteiger partial charge < -0.3 is 0 Å². The smallest absolute Gasteiger partial charge is 0.271 e. The maximum absolute atomic E-state index is 12.9. The summed E-state index contributed by atoms with van der Waals surface area (Å²) in [5, 5.41) is 0.962. The van der Waals surface area contributed by atoms with E-state index in [2.05, 4.69) is 27.0 Å². The lowest BCUT2D eigenvalue weighted by Gasteiger charge is -2.07. The van der Waals surface area contributed by atoms with Crippen molar-refractivity contribution in [2.45, 2.75) is 20.4 Å². The topological polar surface area (TPSA) is 47.8 Å². The predicted molar refractivity (Wildman–Crippen MR) is 113 cm³/mol. The number of aromatic nitrogens is 3. The van der Waals surface area contributed by atoms with Crippen molar-refractivity contribution in [1.82, 2.24) is 14.5 Å². The lowest BCUT2D eigenvalue weighted by Crippen LogP contribution is -2.23. The van der Waals surface area contributed by atoms with Gasteiger partial charge in [0.25, 0.3) is 5.56 Å². The molecule has 4 aromatic rings. The summed E-state index contributed by atoms with van der Waals surface area (Å²) in [5.74, 6) is 1.06. The molecule has 0 amide bonds. The molecule has 0 aliphatic heterocycles. The number of aryl methyl sites for hydroxylation is 2. The first-order valence-electron chi connectivity index (χ1n) is 8.13. The van der Waals surface area contributed by atoms with Gasteiger partial charge in [0.2, 0.25) is 0 Å². The Kier molecular flexibility index (Phi) is 4.59. The van der Waals surface area contributed by atoms with E-state index in [1.165, 1.54) is 11.3 Å². The molecule has 3 aromatic heterocycles. The van der Waals surface area contributed by atoms with Gasteiger partial charge in [-0.2, -0.15) is 0 Å². The van der Waals surface area contributed by atoms with Crippen molar-refractivity contribution in [3.63, 3.8) is 0 Å². The van der Waals surface area contributed by atoms with Crippen LogP contribution in [0.1, 0.15) is 11.4 Å². The largest absolute Gasteiger partial charge is 0.294 e. The Morgan fingerprint density at radius 2 is 1.92 bits per heavy atom. The van der Waals surface area contributed by atoms with E-state index in [0.717, 1.165) is 37.0 Å². The number of fused-ring (bicyclic) bond motifs is 3. The third-order valence-electron chi connectivity index (χ3n) is 4.39. The summed E-state index contributed by atoms with van der Waals surface area (Å²) in [5.41, 5.74) is 3.71. The molecule has 0 aliphatic carbocycles. The van der Waals surface area contributed by atoms with Gasteiger partial charge in [-0.1, -0.05) is 28.1 Å². The minimum absolute atomic E-state index is 0.0410. The second-order valence-corrected chi connectivity index (χ2v) is 8.39. The molecule has 0 spiro atoms. The van der Waals surface area contributed by atoms with Gasteiger partial charge >= 0.3 is 0 Å². The normalized spacial score (nSPS) is 11.5. The van der Waals surface area contributed by atoms with Crippen molar-refractivity contribution in [2.24, 2.45) is 0 Å². The summed E-state index contributed by atoms with van der Waals surface area (Å²) in [6.45, 7) is 4.34. The second-order valence-electron chi connectivity index (χ2n) is 6.10. The highest BCUT2D eigenvalue weighted by Gasteiger charge is 2.17. The van der Waals surface area contributed by atoms with Crippen LogP contribution in [0.5, 0.6) is 0 Å². The van der Waals surface area contributed by atoms with E-state index in [1.807, 2.05) is 38.1 Å². The van der Waals surface area contributed by atoms with Crippen LogP contribution < -0.4 is 5.56 Å². The Balaban J connectivity index is 2.00. The van der Waals surface area contributed by atoms with E-state index in [1.54, 1.807) is 4.57 Å². The third kappa shape index (κ3) is 2.86. The van der Waals surface area contributed by atoms with Gasteiger partial charge in [0.05, 0.1) is 11.2 Å². The number of thiophene rings is 1. The molecule has 0 fully saturated rings. The number of benzene rings is 1. The minimum Gasteiger partial charge on any atom is -0.294 e. The molecular weight excluding hydrogens is 434 g/mol. The van der Waals surface area contributed by atoms with Crippen LogP contribution in [0, 0.1) is 13.8 Å². The van der Waals surface area contributed by atoms with Crippen molar-refractivity contribution in [3.05, 3.63) is 56.5 Å². The van der Waals surface area contributed by atoms with Gasteiger partial charge in [-0.3, -0.25) is 9.36 Å². The second kappa shape index (κ2) is 6.76. The Morgan fingerprint density at radius 1 is 1.19 bits per heavy atom. The lowest BCUT2D eigenvalue weighted by atomic mass is 10.1. The van der Waals surface area contributed by atoms with Crippen LogP contribution in [-0.4, -0.2) is 20.4 Å². The Morgan fingerprint density at radius 3 is 2.62 bits per heavy atom. The average molecular weight is 449 g/mol. The Bertz CT molecular complexity index is 1200.